The number of carboxylic acid groups (broad SMARTS) is 1. The Labute approximate surface area is 184 Å². The number of hydrogen-bond acceptors (Lipinski definition) is 5. The summed E-state index contributed by atoms with van der Waals surface area (Å²) in [6.07, 6.45) is 9.44. The Balaban J connectivity index is 1.21. The van der Waals surface area contributed by atoms with Crippen LogP contribution >= 0.6 is 0 Å². The van der Waals surface area contributed by atoms with Crippen molar-refractivity contribution in [2.75, 3.05) is 6.61 Å². The van der Waals surface area contributed by atoms with Gasteiger partial charge in [-0.2, -0.15) is 0 Å². The summed E-state index contributed by atoms with van der Waals surface area (Å²) in [5, 5.41) is 19.3. The maximum Gasteiger partial charge on any atom is 0.306 e. The van der Waals surface area contributed by atoms with Crippen LogP contribution in [0.15, 0.2) is 0 Å². The number of esters is 1. The molecular weight excluding hydrogens is 396 g/mol. The van der Waals surface area contributed by atoms with Crippen LogP contribution in [0.4, 0.5) is 0 Å². The summed E-state index contributed by atoms with van der Waals surface area (Å²) < 4.78 is 5.12. The van der Waals surface area contributed by atoms with Crippen molar-refractivity contribution in [1.82, 2.24) is 0 Å². The lowest BCUT2D eigenvalue weighted by atomic mass is 9.49. The smallest absolute Gasteiger partial charge is 0.306 e. The number of carbonyl (C=O) groups is 3. The molecule has 6 nitrogen and oxygen atoms in total. The number of fused-ring (bicyclic) bond motifs is 7. The molecule has 0 aromatic carbocycles. The SMILES string of the molecule is C[C@]12CC[C@@H]3[C@H]4CC[C@]5(O)CC5[C@H]4CC[C@H]3[C@@H]1CC[C@@H]2C(=O)COC(=O)CCC(=O)O. The lowest BCUT2D eigenvalue weighted by molar-refractivity contribution is -0.152. The van der Waals surface area contributed by atoms with Crippen LogP contribution in [-0.4, -0.2) is 40.1 Å². The maximum absolute atomic E-state index is 13.0. The zero-order valence-corrected chi connectivity index (χ0v) is 18.6. The third-order valence-corrected chi connectivity index (χ3v) is 10.3. The monoisotopic (exact) mass is 432 g/mol. The molecule has 5 aliphatic carbocycles. The quantitative estimate of drug-likeness (QED) is 0.622. The van der Waals surface area contributed by atoms with Crippen LogP contribution in [0, 0.1) is 46.8 Å². The minimum atomic E-state index is -1.04. The van der Waals surface area contributed by atoms with Gasteiger partial charge in [-0.3, -0.25) is 14.4 Å². The van der Waals surface area contributed by atoms with E-state index in [1.54, 1.807) is 0 Å². The van der Waals surface area contributed by atoms with Crippen molar-refractivity contribution in [3.8, 4) is 0 Å². The summed E-state index contributed by atoms with van der Waals surface area (Å²) in [7, 11) is 0. The first-order valence-electron chi connectivity index (χ1n) is 12.4. The van der Waals surface area contributed by atoms with E-state index in [0.717, 1.165) is 43.9 Å². The molecular formula is C25H36O6. The molecule has 6 heteroatoms. The molecule has 0 aromatic rings. The molecule has 0 bridgehead atoms. The van der Waals surface area contributed by atoms with Gasteiger partial charge in [-0.05, 0) is 98.7 Å². The lowest BCUT2D eigenvalue weighted by Gasteiger charge is -2.55. The Morgan fingerprint density at radius 3 is 2.26 bits per heavy atom. The third-order valence-electron chi connectivity index (χ3n) is 10.3. The van der Waals surface area contributed by atoms with Crippen molar-refractivity contribution in [3.05, 3.63) is 0 Å². The van der Waals surface area contributed by atoms with E-state index in [4.69, 9.17) is 9.84 Å². The predicted octanol–water partition coefficient (Wildman–Crippen LogP) is 3.59. The van der Waals surface area contributed by atoms with Gasteiger partial charge in [-0.15, -0.1) is 0 Å². The molecule has 5 fully saturated rings. The number of rotatable bonds is 6. The van der Waals surface area contributed by atoms with Gasteiger partial charge < -0.3 is 14.9 Å². The Kier molecular flexibility index (Phi) is 5.23. The number of ether oxygens (including phenoxy) is 1. The average Bonchev–Trinajstić information content (AvgIpc) is 3.31. The molecule has 31 heavy (non-hydrogen) atoms. The molecule has 1 unspecified atom stereocenters. The fraction of sp³-hybridized carbons (Fsp3) is 0.880. The Morgan fingerprint density at radius 2 is 1.55 bits per heavy atom. The summed E-state index contributed by atoms with van der Waals surface area (Å²) in [5.41, 5.74) is -0.336. The van der Waals surface area contributed by atoms with Crippen LogP contribution in [0.3, 0.4) is 0 Å². The average molecular weight is 433 g/mol. The van der Waals surface area contributed by atoms with Gasteiger partial charge in [-0.1, -0.05) is 6.92 Å². The molecule has 0 aliphatic heterocycles. The minimum Gasteiger partial charge on any atom is -0.481 e. The molecule has 172 valence electrons. The van der Waals surface area contributed by atoms with Gasteiger partial charge in [0.05, 0.1) is 18.4 Å². The molecule has 5 rings (SSSR count). The highest BCUT2D eigenvalue weighted by atomic mass is 16.5. The number of carboxylic acids is 1. The van der Waals surface area contributed by atoms with Gasteiger partial charge in [-0.25, -0.2) is 0 Å². The van der Waals surface area contributed by atoms with Gasteiger partial charge in [0.25, 0.3) is 0 Å². The van der Waals surface area contributed by atoms with E-state index in [9.17, 15) is 19.5 Å². The fourth-order valence-corrected chi connectivity index (χ4v) is 8.75. The van der Waals surface area contributed by atoms with E-state index >= 15 is 0 Å². The van der Waals surface area contributed by atoms with Crippen LogP contribution in [0.25, 0.3) is 0 Å². The van der Waals surface area contributed by atoms with E-state index < -0.39 is 11.9 Å². The Hall–Kier alpha value is -1.43. The molecule has 5 aliphatic rings. The van der Waals surface area contributed by atoms with E-state index in [-0.39, 0.29) is 42.2 Å². The van der Waals surface area contributed by atoms with Crippen molar-refractivity contribution in [2.45, 2.75) is 83.2 Å². The molecule has 9 atom stereocenters. The van der Waals surface area contributed by atoms with E-state index in [1.165, 1.54) is 25.7 Å². The molecule has 2 N–H and O–H groups in total. The van der Waals surface area contributed by atoms with Crippen molar-refractivity contribution in [2.24, 2.45) is 46.8 Å². The van der Waals surface area contributed by atoms with Crippen LogP contribution in [0.5, 0.6) is 0 Å². The Morgan fingerprint density at radius 1 is 0.871 bits per heavy atom. The van der Waals surface area contributed by atoms with Gasteiger partial charge >= 0.3 is 11.9 Å². The van der Waals surface area contributed by atoms with Gasteiger partial charge in [0, 0.05) is 5.92 Å². The van der Waals surface area contributed by atoms with E-state index in [1.807, 2.05) is 0 Å². The van der Waals surface area contributed by atoms with Crippen molar-refractivity contribution in [3.63, 3.8) is 0 Å². The van der Waals surface area contributed by atoms with Crippen molar-refractivity contribution in [1.29, 1.82) is 0 Å². The first kappa shape index (κ1) is 21.4. The molecule has 0 amide bonds. The van der Waals surface area contributed by atoms with Crippen LogP contribution in [0.2, 0.25) is 0 Å². The number of aliphatic hydroxyl groups is 1. The summed E-state index contributed by atoms with van der Waals surface area (Å²) in [6.45, 7) is 2.08. The second-order valence-electron chi connectivity index (χ2n) is 11.5. The summed E-state index contributed by atoms with van der Waals surface area (Å²) >= 11 is 0. The lowest BCUT2D eigenvalue weighted by Crippen LogP contribution is -2.50. The predicted molar refractivity (Wildman–Crippen MR) is 112 cm³/mol. The molecule has 0 radical (unpaired) electrons. The first-order chi connectivity index (χ1) is 14.7. The highest BCUT2D eigenvalue weighted by molar-refractivity contribution is 5.86. The fourth-order valence-electron chi connectivity index (χ4n) is 8.75. The normalized spacial score (nSPS) is 47.4. The topological polar surface area (TPSA) is 101 Å². The standard InChI is InChI=1S/C25H36O6/c1-24-10-8-14-15-9-11-25(30)12-20(25)17(15)3-2-16(14)18(24)4-5-19(24)21(26)13-31-23(29)7-6-22(27)28/h14-20,30H,2-13H2,1H3,(H,27,28)/t14-,15-,16-,17+,18+,19-,20?,24+,25+/m1/s1. The van der Waals surface area contributed by atoms with Crippen LogP contribution in [-0.2, 0) is 19.1 Å². The zero-order chi connectivity index (χ0) is 22.0. The largest absolute Gasteiger partial charge is 0.481 e. The van der Waals surface area contributed by atoms with Crippen LogP contribution in [0.1, 0.15) is 77.6 Å². The molecule has 0 heterocycles. The number of carbonyl (C=O) groups excluding carboxylic acids is 2. The molecule has 0 saturated heterocycles. The number of Topliss-reactive ketones (excluding diaryl/α,β-unsaturated/α-hetero) is 1. The minimum absolute atomic E-state index is 0.00641. The number of ketones is 1. The van der Waals surface area contributed by atoms with E-state index in [2.05, 4.69) is 6.92 Å². The first-order valence-corrected chi connectivity index (χ1v) is 12.4. The molecule has 0 aromatic heterocycles. The third kappa shape index (κ3) is 3.53. The zero-order valence-electron chi connectivity index (χ0n) is 18.6. The summed E-state index contributed by atoms with van der Waals surface area (Å²) in [5.74, 6) is 2.38. The van der Waals surface area contributed by atoms with Gasteiger partial charge in [0.15, 0.2) is 5.78 Å². The highest BCUT2D eigenvalue weighted by Gasteiger charge is 2.65. The second kappa shape index (κ2) is 7.57. The highest BCUT2D eigenvalue weighted by Crippen LogP contribution is 2.68. The summed E-state index contributed by atoms with van der Waals surface area (Å²) in [6, 6.07) is 0. The van der Waals surface area contributed by atoms with Gasteiger partial charge in [0.1, 0.15) is 6.61 Å². The van der Waals surface area contributed by atoms with Crippen LogP contribution < -0.4 is 0 Å². The van der Waals surface area contributed by atoms with E-state index in [0.29, 0.717) is 23.7 Å². The van der Waals surface area contributed by atoms with Crippen molar-refractivity contribution >= 4 is 17.7 Å². The molecule has 5 saturated carbocycles. The van der Waals surface area contributed by atoms with Gasteiger partial charge in [0.2, 0.25) is 0 Å². The number of aliphatic carboxylic acids is 1. The second-order valence-corrected chi connectivity index (χ2v) is 11.5. The Bertz CT molecular complexity index is 778. The number of hydrogen-bond donors (Lipinski definition) is 2. The maximum atomic E-state index is 13.0. The summed E-state index contributed by atoms with van der Waals surface area (Å²) in [4.78, 5) is 35.3. The molecule has 0 spiro atoms. The van der Waals surface area contributed by atoms with Crippen molar-refractivity contribution < 1.29 is 29.3 Å².